The first-order valence-electron chi connectivity index (χ1n) is 5.57. The number of hydrogen-bond donors (Lipinski definition) is 1. The van der Waals surface area contributed by atoms with Crippen LogP contribution in [0.5, 0.6) is 0 Å². The number of aliphatic hydroxyl groups is 1. The summed E-state index contributed by atoms with van der Waals surface area (Å²) in [4.78, 5) is 16.9. The Bertz CT molecular complexity index is 243. The molecule has 0 radical (unpaired) electrons. The van der Waals surface area contributed by atoms with E-state index in [1.807, 2.05) is 20.8 Å². The molecule has 0 aliphatic carbocycles. The van der Waals surface area contributed by atoms with Gasteiger partial charge in [-0.1, -0.05) is 0 Å². The van der Waals surface area contributed by atoms with Crippen molar-refractivity contribution in [1.29, 1.82) is 0 Å². The highest BCUT2D eigenvalue weighted by Crippen LogP contribution is 2.17. The summed E-state index contributed by atoms with van der Waals surface area (Å²) in [6.07, 6.45) is -0.598. The predicted molar refractivity (Wildman–Crippen MR) is 58.5 cm³/mol. The van der Waals surface area contributed by atoms with Crippen LogP contribution in [0.15, 0.2) is 0 Å². The van der Waals surface area contributed by atoms with Gasteiger partial charge in [0.1, 0.15) is 5.60 Å². The Hall–Kier alpha value is -0.650. The lowest BCUT2D eigenvalue weighted by Gasteiger charge is -2.38. The lowest BCUT2D eigenvalue weighted by atomic mass is 10.1. The van der Waals surface area contributed by atoms with Crippen molar-refractivity contribution in [2.24, 2.45) is 5.92 Å². The fourth-order valence-corrected chi connectivity index (χ4v) is 1.38. The predicted octanol–water partition coefficient (Wildman–Crippen LogP) is 0.572. The van der Waals surface area contributed by atoms with Gasteiger partial charge in [0, 0.05) is 25.6 Å². The Labute approximate surface area is 96.3 Å². The van der Waals surface area contributed by atoms with Crippen LogP contribution in [-0.4, -0.2) is 47.5 Å². The highest BCUT2D eigenvalue weighted by molar-refractivity contribution is 5.74. The van der Waals surface area contributed by atoms with Crippen molar-refractivity contribution in [1.82, 2.24) is 5.06 Å². The minimum absolute atomic E-state index is 0.167. The SMILES string of the molecule is CC(ON1CC(CO)C1)C(=O)OC(C)(C)C. The maximum absolute atomic E-state index is 11.6. The summed E-state index contributed by atoms with van der Waals surface area (Å²) < 4.78 is 5.18. The van der Waals surface area contributed by atoms with Crippen LogP contribution < -0.4 is 0 Å². The van der Waals surface area contributed by atoms with Crippen LogP contribution in [0.4, 0.5) is 0 Å². The molecular formula is C11H21NO4. The minimum atomic E-state index is -0.598. The van der Waals surface area contributed by atoms with Gasteiger partial charge in [-0.3, -0.25) is 4.84 Å². The summed E-state index contributed by atoms with van der Waals surface area (Å²) in [6, 6.07) is 0. The van der Waals surface area contributed by atoms with Gasteiger partial charge in [0.2, 0.25) is 0 Å². The zero-order valence-electron chi connectivity index (χ0n) is 10.4. The quantitative estimate of drug-likeness (QED) is 0.717. The van der Waals surface area contributed by atoms with Crippen molar-refractivity contribution in [3.05, 3.63) is 0 Å². The number of aliphatic hydroxyl groups excluding tert-OH is 1. The molecule has 1 N–H and O–H groups in total. The van der Waals surface area contributed by atoms with Gasteiger partial charge in [0.25, 0.3) is 0 Å². The molecule has 1 atom stereocenters. The normalized spacial score (nSPS) is 20.3. The van der Waals surface area contributed by atoms with E-state index in [0.717, 1.165) is 0 Å². The van der Waals surface area contributed by atoms with Gasteiger partial charge in [0.05, 0.1) is 0 Å². The van der Waals surface area contributed by atoms with Crippen LogP contribution in [0.3, 0.4) is 0 Å². The maximum atomic E-state index is 11.6. The Morgan fingerprint density at radius 1 is 1.50 bits per heavy atom. The smallest absolute Gasteiger partial charge is 0.337 e. The lowest BCUT2D eigenvalue weighted by Crippen LogP contribution is -2.50. The minimum Gasteiger partial charge on any atom is -0.458 e. The topological polar surface area (TPSA) is 59.0 Å². The Morgan fingerprint density at radius 3 is 2.50 bits per heavy atom. The van der Waals surface area contributed by atoms with E-state index < -0.39 is 11.7 Å². The second-order valence-electron chi connectivity index (χ2n) is 5.18. The van der Waals surface area contributed by atoms with Crippen LogP contribution in [0.25, 0.3) is 0 Å². The molecule has 0 aromatic rings. The molecule has 5 nitrogen and oxygen atoms in total. The standard InChI is InChI=1S/C11H21NO4/c1-8(10(14)15-11(2,3)4)16-12-5-9(6-12)7-13/h8-9,13H,5-7H2,1-4H3. The van der Waals surface area contributed by atoms with Crippen LogP contribution in [0.2, 0.25) is 0 Å². The molecule has 0 aromatic heterocycles. The molecule has 1 unspecified atom stereocenters. The van der Waals surface area contributed by atoms with E-state index in [4.69, 9.17) is 14.7 Å². The molecule has 1 saturated heterocycles. The Balaban J connectivity index is 2.25. The van der Waals surface area contributed by atoms with E-state index in [2.05, 4.69) is 0 Å². The van der Waals surface area contributed by atoms with Gasteiger partial charge in [0.15, 0.2) is 6.10 Å². The first kappa shape index (κ1) is 13.4. The van der Waals surface area contributed by atoms with Gasteiger partial charge in [-0.05, 0) is 27.7 Å². The molecular weight excluding hydrogens is 210 g/mol. The third-order valence-corrected chi connectivity index (χ3v) is 2.23. The van der Waals surface area contributed by atoms with Crippen LogP contribution in [0, 0.1) is 5.92 Å². The maximum Gasteiger partial charge on any atom is 0.337 e. The zero-order chi connectivity index (χ0) is 12.3. The van der Waals surface area contributed by atoms with Gasteiger partial charge in [-0.25, -0.2) is 4.79 Å². The fourth-order valence-electron chi connectivity index (χ4n) is 1.38. The highest BCUT2D eigenvalue weighted by atomic mass is 16.7. The molecule has 1 aliphatic heterocycles. The summed E-state index contributed by atoms with van der Waals surface area (Å²) in [5.41, 5.74) is -0.489. The van der Waals surface area contributed by atoms with E-state index in [1.165, 1.54) is 0 Å². The fraction of sp³-hybridized carbons (Fsp3) is 0.909. The largest absolute Gasteiger partial charge is 0.458 e. The van der Waals surface area contributed by atoms with E-state index in [1.54, 1.807) is 12.0 Å². The summed E-state index contributed by atoms with van der Waals surface area (Å²) in [6.45, 7) is 8.64. The number of rotatable bonds is 4. The van der Waals surface area contributed by atoms with Gasteiger partial charge in [-0.15, -0.1) is 0 Å². The molecule has 1 heterocycles. The summed E-state index contributed by atoms with van der Waals surface area (Å²) in [5.74, 6) is -0.0919. The number of carbonyl (C=O) groups excluding carboxylic acids is 1. The van der Waals surface area contributed by atoms with Crippen molar-refractivity contribution in [2.45, 2.75) is 39.4 Å². The second kappa shape index (κ2) is 5.12. The molecule has 16 heavy (non-hydrogen) atoms. The number of hydroxylamine groups is 2. The van der Waals surface area contributed by atoms with Gasteiger partial charge < -0.3 is 9.84 Å². The van der Waals surface area contributed by atoms with Gasteiger partial charge in [-0.2, -0.15) is 5.06 Å². The molecule has 0 saturated carbocycles. The number of hydrogen-bond acceptors (Lipinski definition) is 5. The number of ether oxygens (including phenoxy) is 1. The summed E-state index contributed by atoms with van der Waals surface area (Å²) in [5, 5.41) is 10.5. The van der Waals surface area contributed by atoms with E-state index in [9.17, 15) is 4.79 Å². The number of carbonyl (C=O) groups is 1. The van der Waals surface area contributed by atoms with Crippen molar-refractivity contribution in [2.75, 3.05) is 19.7 Å². The monoisotopic (exact) mass is 231 g/mol. The first-order chi connectivity index (χ1) is 7.31. The molecule has 0 bridgehead atoms. The molecule has 1 fully saturated rings. The average molecular weight is 231 g/mol. The van der Waals surface area contributed by atoms with E-state index >= 15 is 0 Å². The second-order valence-corrected chi connectivity index (χ2v) is 5.18. The molecule has 5 heteroatoms. The molecule has 1 aliphatic rings. The highest BCUT2D eigenvalue weighted by Gasteiger charge is 2.31. The van der Waals surface area contributed by atoms with Gasteiger partial charge >= 0.3 is 5.97 Å². The Kier molecular flexibility index (Phi) is 4.29. The molecule has 0 amide bonds. The lowest BCUT2D eigenvalue weighted by molar-refractivity contribution is -0.255. The molecule has 0 spiro atoms. The van der Waals surface area contributed by atoms with Crippen LogP contribution in [-0.2, 0) is 14.4 Å². The summed E-state index contributed by atoms with van der Waals surface area (Å²) in [7, 11) is 0. The van der Waals surface area contributed by atoms with Crippen LogP contribution in [0.1, 0.15) is 27.7 Å². The zero-order valence-corrected chi connectivity index (χ0v) is 10.4. The van der Waals surface area contributed by atoms with E-state index in [-0.39, 0.29) is 18.5 Å². The third kappa shape index (κ3) is 4.08. The molecule has 0 aromatic carbocycles. The van der Waals surface area contributed by atoms with Crippen molar-refractivity contribution >= 4 is 5.97 Å². The van der Waals surface area contributed by atoms with Crippen molar-refractivity contribution in [3.63, 3.8) is 0 Å². The van der Waals surface area contributed by atoms with Crippen molar-refractivity contribution in [3.8, 4) is 0 Å². The van der Waals surface area contributed by atoms with Crippen molar-refractivity contribution < 1.29 is 19.5 Å². The molecule has 1 rings (SSSR count). The van der Waals surface area contributed by atoms with Crippen LogP contribution >= 0.6 is 0 Å². The number of esters is 1. The Morgan fingerprint density at radius 2 is 2.06 bits per heavy atom. The molecule has 94 valence electrons. The average Bonchev–Trinajstić information content (AvgIpc) is 2.07. The summed E-state index contributed by atoms with van der Waals surface area (Å²) >= 11 is 0. The third-order valence-electron chi connectivity index (χ3n) is 2.23. The first-order valence-corrected chi connectivity index (χ1v) is 5.57. The number of nitrogens with zero attached hydrogens (tertiary/aromatic N) is 1. The van der Waals surface area contributed by atoms with E-state index in [0.29, 0.717) is 13.1 Å².